The fourth-order valence-electron chi connectivity index (χ4n) is 4.22. The second-order valence-corrected chi connectivity index (χ2v) is 8.02. The van der Waals surface area contributed by atoms with Crippen molar-refractivity contribution in [3.63, 3.8) is 0 Å². The summed E-state index contributed by atoms with van der Waals surface area (Å²) in [6.45, 7) is 8.00. The quantitative estimate of drug-likeness (QED) is 0.297. The van der Waals surface area contributed by atoms with Crippen LogP contribution in [0.15, 0.2) is 37.0 Å². The van der Waals surface area contributed by atoms with Gasteiger partial charge in [0.1, 0.15) is 0 Å². The van der Waals surface area contributed by atoms with Crippen LogP contribution in [-0.4, -0.2) is 13.2 Å². The van der Waals surface area contributed by atoms with Gasteiger partial charge in [-0.1, -0.05) is 63.0 Å². The second kappa shape index (κ2) is 10.9. The van der Waals surface area contributed by atoms with Gasteiger partial charge in [0.15, 0.2) is 0 Å². The fraction of sp³-hybridized carbons (Fsp3) is 0.739. The topological polar surface area (TPSA) is 9.23 Å². The molecule has 0 saturated heterocycles. The van der Waals surface area contributed by atoms with Gasteiger partial charge >= 0.3 is 0 Å². The Morgan fingerprint density at radius 1 is 1.12 bits per heavy atom. The molecule has 1 heteroatoms. The van der Waals surface area contributed by atoms with Gasteiger partial charge in [-0.15, -0.1) is 6.58 Å². The zero-order chi connectivity index (χ0) is 17.1. The lowest BCUT2D eigenvalue weighted by Gasteiger charge is -2.32. The molecule has 0 amide bonds. The molecule has 0 aromatic heterocycles. The Morgan fingerprint density at radius 2 is 1.96 bits per heavy atom. The maximum atomic E-state index is 5.99. The van der Waals surface area contributed by atoms with Gasteiger partial charge in [-0.25, -0.2) is 0 Å². The summed E-state index contributed by atoms with van der Waals surface area (Å²) in [5, 5.41) is 0. The molecule has 1 nitrogen and oxygen atoms in total. The van der Waals surface area contributed by atoms with Crippen LogP contribution in [0.4, 0.5) is 0 Å². The van der Waals surface area contributed by atoms with Crippen molar-refractivity contribution in [2.75, 3.05) is 13.2 Å². The van der Waals surface area contributed by atoms with Crippen LogP contribution in [0.2, 0.25) is 0 Å². The first kappa shape index (κ1) is 19.5. The average Bonchev–Trinajstić information content (AvgIpc) is 2.64. The molecule has 2 rings (SSSR count). The number of ether oxygens (including phenoxy) is 1. The first-order valence-corrected chi connectivity index (χ1v) is 10.3. The van der Waals surface area contributed by atoms with E-state index in [0.29, 0.717) is 0 Å². The molecule has 0 N–H and O–H groups in total. The predicted molar refractivity (Wildman–Crippen MR) is 105 cm³/mol. The molecular formula is C23H38O. The van der Waals surface area contributed by atoms with E-state index in [1.165, 1.54) is 64.2 Å². The molecule has 1 fully saturated rings. The molecule has 0 aliphatic heterocycles. The van der Waals surface area contributed by atoms with Gasteiger partial charge in [0.2, 0.25) is 0 Å². The van der Waals surface area contributed by atoms with Crippen molar-refractivity contribution in [3.8, 4) is 0 Å². The molecule has 0 aromatic carbocycles. The van der Waals surface area contributed by atoms with Crippen molar-refractivity contribution in [1.82, 2.24) is 0 Å². The first-order chi connectivity index (χ1) is 11.8. The average molecular weight is 331 g/mol. The summed E-state index contributed by atoms with van der Waals surface area (Å²) < 4.78 is 5.99. The minimum absolute atomic E-state index is 0.267. The van der Waals surface area contributed by atoms with E-state index in [1.54, 1.807) is 0 Å². The number of allylic oxidation sites excluding steroid dienone is 4. The van der Waals surface area contributed by atoms with E-state index in [1.807, 2.05) is 0 Å². The van der Waals surface area contributed by atoms with Gasteiger partial charge in [-0.2, -0.15) is 0 Å². The van der Waals surface area contributed by atoms with E-state index >= 15 is 0 Å². The van der Waals surface area contributed by atoms with Crippen molar-refractivity contribution in [2.24, 2.45) is 17.3 Å². The lowest BCUT2D eigenvalue weighted by molar-refractivity contribution is 0.0606. The van der Waals surface area contributed by atoms with Crippen molar-refractivity contribution in [2.45, 2.75) is 77.6 Å². The van der Waals surface area contributed by atoms with Crippen LogP contribution >= 0.6 is 0 Å². The summed E-state index contributed by atoms with van der Waals surface area (Å²) in [5.41, 5.74) is 0.267. The molecule has 2 aliphatic rings. The van der Waals surface area contributed by atoms with Crippen LogP contribution in [-0.2, 0) is 4.74 Å². The molecule has 0 aromatic rings. The van der Waals surface area contributed by atoms with E-state index < -0.39 is 0 Å². The third-order valence-electron chi connectivity index (χ3n) is 6.01. The van der Waals surface area contributed by atoms with Gasteiger partial charge in [0.05, 0.1) is 6.61 Å². The molecule has 0 heterocycles. The Labute approximate surface area is 150 Å². The molecule has 1 atom stereocenters. The van der Waals surface area contributed by atoms with Crippen molar-refractivity contribution >= 4 is 0 Å². The van der Waals surface area contributed by atoms with Crippen molar-refractivity contribution in [1.29, 1.82) is 0 Å². The molecule has 1 unspecified atom stereocenters. The third-order valence-corrected chi connectivity index (χ3v) is 6.01. The van der Waals surface area contributed by atoms with Gasteiger partial charge in [-0.05, 0) is 56.8 Å². The molecular weight excluding hydrogens is 292 g/mol. The van der Waals surface area contributed by atoms with Gasteiger partial charge in [0, 0.05) is 12.0 Å². The number of hydrogen-bond donors (Lipinski definition) is 0. The predicted octanol–water partition coefficient (Wildman–Crippen LogP) is 6.86. The number of rotatable bonds is 11. The summed E-state index contributed by atoms with van der Waals surface area (Å²) >= 11 is 0. The zero-order valence-corrected chi connectivity index (χ0v) is 15.8. The van der Waals surface area contributed by atoms with Crippen LogP contribution in [0.3, 0.4) is 0 Å². The monoisotopic (exact) mass is 330 g/mol. The SMILES string of the molecule is C=CC1CCC(CCCCC2(COCCCC)C=CC=CC2)CC1. The molecule has 1 saturated carbocycles. The summed E-state index contributed by atoms with van der Waals surface area (Å²) in [6.07, 6.45) is 25.9. The van der Waals surface area contributed by atoms with Crippen molar-refractivity contribution < 1.29 is 4.74 Å². The van der Waals surface area contributed by atoms with E-state index in [0.717, 1.165) is 31.5 Å². The lowest BCUT2D eigenvalue weighted by Crippen LogP contribution is -2.26. The summed E-state index contributed by atoms with van der Waals surface area (Å²) in [7, 11) is 0. The summed E-state index contributed by atoms with van der Waals surface area (Å²) in [4.78, 5) is 0. The molecule has 24 heavy (non-hydrogen) atoms. The third kappa shape index (κ3) is 6.59. The highest BCUT2D eigenvalue weighted by Crippen LogP contribution is 2.36. The highest BCUT2D eigenvalue weighted by Gasteiger charge is 2.27. The minimum Gasteiger partial charge on any atom is -0.381 e. The lowest BCUT2D eigenvalue weighted by atomic mass is 9.76. The normalized spacial score (nSPS) is 29.7. The van der Waals surface area contributed by atoms with Crippen LogP contribution in [0.5, 0.6) is 0 Å². The Bertz CT molecular complexity index is 400. The Hall–Kier alpha value is -0.820. The van der Waals surface area contributed by atoms with E-state index in [4.69, 9.17) is 4.74 Å². The maximum absolute atomic E-state index is 5.99. The van der Waals surface area contributed by atoms with Crippen LogP contribution in [0, 0.1) is 17.3 Å². The Morgan fingerprint density at radius 3 is 2.62 bits per heavy atom. The van der Waals surface area contributed by atoms with Gasteiger partial charge in [-0.3, -0.25) is 0 Å². The van der Waals surface area contributed by atoms with E-state index in [2.05, 4.69) is 43.9 Å². The molecule has 2 aliphatic carbocycles. The van der Waals surface area contributed by atoms with Crippen molar-refractivity contribution in [3.05, 3.63) is 37.0 Å². The van der Waals surface area contributed by atoms with Crippen LogP contribution in [0.25, 0.3) is 0 Å². The first-order valence-electron chi connectivity index (χ1n) is 10.3. The summed E-state index contributed by atoms with van der Waals surface area (Å²) in [6, 6.07) is 0. The van der Waals surface area contributed by atoms with Crippen LogP contribution in [0.1, 0.15) is 77.6 Å². The largest absolute Gasteiger partial charge is 0.381 e. The maximum Gasteiger partial charge on any atom is 0.0560 e. The minimum atomic E-state index is 0.267. The number of hydrogen-bond acceptors (Lipinski definition) is 1. The highest BCUT2D eigenvalue weighted by atomic mass is 16.5. The fourth-order valence-corrected chi connectivity index (χ4v) is 4.22. The molecule has 0 radical (unpaired) electrons. The molecule has 0 spiro atoms. The Balaban J connectivity index is 1.66. The standard InChI is InChI=1S/C23H38O/c1-3-5-19-24-20-23(16-8-6-9-17-23)18-10-7-11-22-14-12-21(4-2)13-15-22/h4,6,8-9,16,21-22H,2-3,5,7,10-15,17-20H2,1H3. The van der Waals surface area contributed by atoms with Gasteiger partial charge in [0.25, 0.3) is 0 Å². The zero-order valence-electron chi connectivity index (χ0n) is 15.8. The second-order valence-electron chi connectivity index (χ2n) is 8.02. The highest BCUT2D eigenvalue weighted by molar-refractivity contribution is 5.16. The van der Waals surface area contributed by atoms with E-state index in [-0.39, 0.29) is 5.41 Å². The number of unbranched alkanes of at least 4 members (excludes halogenated alkanes) is 2. The smallest absolute Gasteiger partial charge is 0.0560 e. The van der Waals surface area contributed by atoms with E-state index in [9.17, 15) is 0 Å². The molecule has 0 bridgehead atoms. The van der Waals surface area contributed by atoms with Gasteiger partial charge < -0.3 is 4.74 Å². The summed E-state index contributed by atoms with van der Waals surface area (Å²) in [5.74, 6) is 1.77. The molecule has 136 valence electrons. The Kier molecular flexibility index (Phi) is 8.88. The van der Waals surface area contributed by atoms with Crippen LogP contribution < -0.4 is 0 Å².